The Kier molecular flexibility index (Phi) is 3.96. The summed E-state index contributed by atoms with van der Waals surface area (Å²) in [6.45, 7) is 0. The normalized spacial score (nSPS) is 18.0. The van der Waals surface area contributed by atoms with Gasteiger partial charge in [-0.25, -0.2) is 4.79 Å². The van der Waals surface area contributed by atoms with Crippen molar-refractivity contribution < 1.29 is 19.4 Å². The zero-order valence-electron chi connectivity index (χ0n) is 10.1. The summed E-state index contributed by atoms with van der Waals surface area (Å²) in [6, 6.07) is 5.47. The molecule has 2 amide bonds. The van der Waals surface area contributed by atoms with Crippen molar-refractivity contribution in [2.45, 2.75) is 18.6 Å². The van der Waals surface area contributed by atoms with E-state index < -0.39 is 24.1 Å². The number of halogens is 1. The van der Waals surface area contributed by atoms with Gasteiger partial charge in [0.2, 0.25) is 0 Å². The van der Waals surface area contributed by atoms with Crippen LogP contribution >= 0.6 is 11.6 Å². The van der Waals surface area contributed by atoms with E-state index in [1.807, 2.05) is 5.32 Å². The van der Waals surface area contributed by atoms with Crippen LogP contribution in [0.25, 0.3) is 0 Å². The molecular weight excluding hydrogens is 286 g/mol. The molecule has 1 unspecified atom stereocenters. The van der Waals surface area contributed by atoms with Gasteiger partial charge in [-0.3, -0.25) is 4.79 Å². The molecule has 7 nitrogen and oxygen atoms in total. The smallest absolute Gasteiger partial charge is 0.405 e. The minimum atomic E-state index is -1.33. The Morgan fingerprint density at radius 1 is 1.65 bits per heavy atom. The van der Waals surface area contributed by atoms with Gasteiger partial charge < -0.3 is 20.5 Å². The number of carbonyl (C=O) groups is 2. The summed E-state index contributed by atoms with van der Waals surface area (Å²) < 4.78 is 5.46. The molecule has 0 aromatic heterocycles. The summed E-state index contributed by atoms with van der Waals surface area (Å²) in [4.78, 5) is 22.4. The molecule has 2 atom stereocenters. The standard InChI is InChI=1S/C12H10ClN3O4/c13-6-1-2-9-8(3-6)16-11(17)10(20-9)4-7(5-14)15-12(18)19/h1-3,7,10,15H,4H2,(H,16,17)(H,18,19)/t7?,10-/m0/s1. The van der Waals surface area contributed by atoms with Crippen molar-refractivity contribution >= 4 is 29.3 Å². The predicted octanol–water partition coefficient (Wildman–Crippen LogP) is 1.59. The second-order valence-electron chi connectivity index (χ2n) is 4.10. The molecule has 104 valence electrons. The Morgan fingerprint density at radius 2 is 2.40 bits per heavy atom. The van der Waals surface area contributed by atoms with Crippen molar-refractivity contribution in [3.05, 3.63) is 23.2 Å². The van der Waals surface area contributed by atoms with E-state index in [-0.39, 0.29) is 6.42 Å². The molecule has 20 heavy (non-hydrogen) atoms. The number of nitriles is 1. The Bertz CT molecular complexity index is 599. The van der Waals surface area contributed by atoms with Crippen LogP contribution in [0.5, 0.6) is 5.75 Å². The fourth-order valence-corrected chi connectivity index (χ4v) is 1.96. The summed E-state index contributed by atoms with van der Waals surface area (Å²) in [5, 5.41) is 22.5. The molecule has 1 aromatic rings. The molecule has 3 N–H and O–H groups in total. The minimum Gasteiger partial charge on any atom is -0.478 e. The van der Waals surface area contributed by atoms with Crippen LogP contribution in [0.15, 0.2) is 18.2 Å². The van der Waals surface area contributed by atoms with Gasteiger partial charge in [-0.1, -0.05) is 11.6 Å². The quantitative estimate of drug-likeness (QED) is 0.784. The van der Waals surface area contributed by atoms with Crippen LogP contribution in [0, 0.1) is 11.3 Å². The number of rotatable bonds is 3. The molecule has 0 saturated carbocycles. The molecule has 0 fully saturated rings. The lowest BCUT2D eigenvalue weighted by Gasteiger charge is -2.27. The molecule has 1 aliphatic rings. The van der Waals surface area contributed by atoms with Crippen molar-refractivity contribution in [2.75, 3.05) is 5.32 Å². The molecule has 8 heteroatoms. The Hall–Kier alpha value is -2.46. The number of amides is 2. The number of hydrogen-bond donors (Lipinski definition) is 3. The van der Waals surface area contributed by atoms with Gasteiger partial charge in [0.25, 0.3) is 5.91 Å². The number of hydrogen-bond acceptors (Lipinski definition) is 4. The third-order valence-electron chi connectivity index (χ3n) is 2.66. The maximum atomic E-state index is 11.8. The fraction of sp³-hybridized carbons (Fsp3) is 0.250. The van der Waals surface area contributed by atoms with Crippen molar-refractivity contribution in [1.29, 1.82) is 5.26 Å². The van der Waals surface area contributed by atoms with Crippen LogP contribution in [0.3, 0.4) is 0 Å². The highest BCUT2D eigenvalue weighted by Crippen LogP contribution is 2.32. The molecule has 0 aliphatic carbocycles. The average molecular weight is 296 g/mol. The van der Waals surface area contributed by atoms with Crippen molar-refractivity contribution in [3.63, 3.8) is 0 Å². The van der Waals surface area contributed by atoms with Crippen LogP contribution in [0.1, 0.15) is 6.42 Å². The third kappa shape index (κ3) is 3.10. The van der Waals surface area contributed by atoms with Gasteiger partial charge in [0, 0.05) is 11.4 Å². The van der Waals surface area contributed by atoms with E-state index in [0.29, 0.717) is 16.5 Å². The van der Waals surface area contributed by atoms with E-state index in [1.165, 1.54) is 0 Å². The molecule has 1 heterocycles. The number of benzene rings is 1. The van der Waals surface area contributed by atoms with E-state index in [1.54, 1.807) is 24.3 Å². The lowest BCUT2D eigenvalue weighted by atomic mass is 10.1. The summed E-state index contributed by atoms with van der Waals surface area (Å²) in [5.41, 5.74) is 0.443. The summed E-state index contributed by atoms with van der Waals surface area (Å²) in [5.74, 6) is -0.0294. The molecule has 0 spiro atoms. The van der Waals surface area contributed by atoms with E-state index in [4.69, 9.17) is 26.7 Å². The fourth-order valence-electron chi connectivity index (χ4n) is 1.78. The van der Waals surface area contributed by atoms with Crippen molar-refractivity contribution in [2.24, 2.45) is 0 Å². The summed E-state index contributed by atoms with van der Waals surface area (Å²) in [7, 11) is 0. The number of fused-ring (bicyclic) bond motifs is 1. The van der Waals surface area contributed by atoms with E-state index in [0.717, 1.165) is 0 Å². The Balaban J connectivity index is 2.11. The van der Waals surface area contributed by atoms with E-state index >= 15 is 0 Å². The number of carbonyl (C=O) groups excluding carboxylic acids is 1. The Morgan fingerprint density at radius 3 is 3.05 bits per heavy atom. The highest BCUT2D eigenvalue weighted by molar-refractivity contribution is 6.31. The lowest BCUT2D eigenvalue weighted by Crippen LogP contribution is -2.43. The van der Waals surface area contributed by atoms with Crippen molar-refractivity contribution in [3.8, 4) is 11.8 Å². The highest BCUT2D eigenvalue weighted by atomic mass is 35.5. The van der Waals surface area contributed by atoms with E-state index in [2.05, 4.69) is 5.32 Å². The third-order valence-corrected chi connectivity index (χ3v) is 2.90. The van der Waals surface area contributed by atoms with Gasteiger partial charge in [-0.05, 0) is 18.2 Å². The summed E-state index contributed by atoms with van der Waals surface area (Å²) >= 11 is 5.80. The molecule has 1 aromatic carbocycles. The maximum Gasteiger partial charge on any atom is 0.405 e. The SMILES string of the molecule is N#CC(C[C@@H]1Oc2ccc(Cl)cc2NC1=O)NC(=O)O. The van der Waals surface area contributed by atoms with Gasteiger partial charge in [-0.2, -0.15) is 5.26 Å². The average Bonchev–Trinajstić information content (AvgIpc) is 2.38. The maximum absolute atomic E-state index is 11.8. The number of nitrogens with zero attached hydrogens (tertiary/aromatic N) is 1. The highest BCUT2D eigenvalue weighted by Gasteiger charge is 2.30. The van der Waals surface area contributed by atoms with Gasteiger partial charge in [0.1, 0.15) is 11.8 Å². The number of ether oxygens (including phenoxy) is 1. The van der Waals surface area contributed by atoms with E-state index in [9.17, 15) is 9.59 Å². The first-order valence-corrected chi connectivity index (χ1v) is 6.03. The number of carboxylic acid groups (broad SMARTS) is 1. The second kappa shape index (κ2) is 5.67. The molecular formula is C12H10ClN3O4. The molecule has 0 saturated heterocycles. The van der Waals surface area contributed by atoms with Gasteiger partial charge in [0.05, 0.1) is 11.8 Å². The first-order valence-electron chi connectivity index (χ1n) is 5.65. The van der Waals surface area contributed by atoms with Gasteiger partial charge in [0.15, 0.2) is 6.10 Å². The molecule has 2 rings (SSSR count). The Labute approximate surface area is 119 Å². The first-order chi connectivity index (χ1) is 9.49. The first kappa shape index (κ1) is 14.0. The number of anilines is 1. The zero-order valence-corrected chi connectivity index (χ0v) is 10.8. The molecule has 0 radical (unpaired) electrons. The monoisotopic (exact) mass is 295 g/mol. The van der Waals surface area contributed by atoms with Crippen LogP contribution in [-0.4, -0.2) is 29.3 Å². The topological polar surface area (TPSA) is 111 Å². The zero-order chi connectivity index (χ0) is 14.7. The van der Waals surface area contributed by atoms with Crippen molar-refractivity contribution in [1.82, 2.24) is 5.32 Å². The lowest BCUT2D eigenvalue weighted by molar-refractivity contribution is -0.123. The van der Waals surface area contributed by atoms with Crippen LogP contribution in [0.2, 0.25) is 5.02 Å². The van der Waals surface area contributed by atoms with Gasteiger partial charge in [-0.15, -0.1) is 0 Å². The number of nitrogens with one attached hydrogen (secondary N) is 2. The predicted molar refractivity (Wildman–Crippen MR) is 69.7 cm³/mol. The largest absolute Gasteiger partial charge is 0.478 e. The summed E-state index contributed by atoms with van der Waals surface area (Å²) in [6.07, 6.45) is -2.36. The van der Waals surface area contributed by atoms with Crippen LogP contribution in [0.4, 0.5) is 10.5 Å². The van der Waals surface area contributed by atoms with Gasteiger partial charge >= 0.3 is 6.09 Å². The second-order valence-corrected chi connectivity index (χ2v) is 4.54. The van der Waals surface area contributed by atoms with Crippen LogP contribution < -0.4 is 15.4 Å². The van der Waals surface area contributed by atoms with Crippen LogP contribution in [-0.2, 0) is 4.79 Å². The molecule has 1 aliphatic heterocycles. The minimum absolute atomic E-state index is 0.0866. The molecule has 0 bridgehead atoms.